The lowest BCUT2D eigenvalue weighted by Crippen LogP contribution is -2.00. The molecule has 0 saturated heterocycles. The number of hydrogen-bond donors (Lipinski definition) is 2. The van der Waals surface area contributed by atoms with Crippen molar-refractivity contribution in [1.82, 2.24) is 10.2 Å². The Morgan fingerprint density at radius 2 is 1.83 bits per heavy atom. The second kappa shape index (κ2) is 10.6. The van der Waals surface area contributed by atoms with Gasteiger partial charge in [-0.25, -0.2) is 4.79 Å². The summed E-state index contributed by atoms with van der Waals surface area (Å²) in [5.41, 5.74) is 8.66. The molecule has 7 heteroatoms. The number of aryl methyl sites for hydroxylation is 1. The van der Waals surface area contributed by atoms with E-state index in [0.717, 1.165) is 67.9 Å². The summed E-state index contributed by atoms with van der Waals surface area (Å²) < 4.78 is 22.7. The second-order valence-electron chi connectivity index (χ2n) is 8.27. The van der Waals surface area contributed by atoms with Gasteiger partial charge in [0.15, 0.2) is 0 Å². The lowest BCUT2D eigenvalue weighted by molar-refractivity contribution is -0.131. The fourth-order valence-electron chi connectivity index (χ4n) is 4.26. The Morgan fingerprint density at radius 1 is 1.09 bits per heavy atom. The van der Waals surface area contributed by atoms with Crippen LogP contribution in [-0.4, -0.2) is 30.0 Å². The summed E-state index contributed by atoms with van der Waals surface area (Å²) in [4.78, 5) is 10.9. The standard InChI is InChI=1S/C28H26N2O4S/c1-3-24(25-14-20(17-35(33)34)5-4-18(25)2)28(22-11-12-26-23(15-22)16-29-30-26)21-9-6-19(7-10-21)8-13-27(31)32/h4-16H,3,17H2,1-2H3,(H,29,30)(H,31,32)(H,33,34)/p-1/b13-8+,28-24+. The maximum Gasteiger partial charge on any atom is 0.328 e. The quantitative estimate of drug-likeness (QED) is 0.189. The molecule has 6 nitrogen and oxygen atoms in total. The van der Waals surface area contributed by atoms with E-state index in [4.69, 9.17) is 5.11 Å². The number of carboxylic acid groups (broad SMARTS) is 1. The van der Waals surface area contributed by atoms with Crippen molar-refractivity contribution in [3.05, 3.63) is 106 Å². The molecule has 0 amide bonds. The van der Waals surface area contributed by atoms with Crippen LogP contribution in [0, 0.1) is 6.92 Å². The number of nitrogens with zero attached hydrogens (tertiary/aromatic N) is 1. The van der Waals surface area contributed by atoms with Crippen LogP contribution in [-0.2, 0) is 21.6 Å². The number of nitrogens with one attached hydrogen (secondary N) is 1. The number of benzene rings is 3. The molecule has 0 radical (unpaired) electrons. The van der Waals surface area contributed by atoms with E-state index >= 15 is 0 Å². The topological polar surface area (TPSA) is 106 Å². The largest absolute Gasteiger partial charge is 0.772 e. The lowest BCUT2D eigenvalue weighted by atomic mass is 9.85. The molecule has 2 N–H and O–H groups in total. The average molecular weight is 486 g/mol. The van der Waals surface area contributed by atoms with Gasteiger partial charge in [-0.05, 0) is 76.1 Å². The highest BCUT2D eigenvalue weighted by atomic mass is 32.2. The van der Waals surface area contributed by atoms with Gasteiger partial charge >= 0.3 is 5.97 Å². The normalized spacial score (nSPS) is 13.2. The fourth-order valence-corrected chi connectivity index (χ4v) is 4.72. The number of aromatic amines is 1. The van der Waals surface area contributed by atoms with Crippen LogP contribution in [0.15, 0.2) is 72.9 Å². The predicted octanol–water partition coefficient (Wildman–Crippen LogP) is 5.72. The van der Waals surface area contributed by atoms with Crippen LogP contribution >= 0.6 is 0 Å². The average Bonchev–Trinajstić information content (AvgIpc) is 3.31. The van der Waals surface area contributed by atoms with E-state index in [1.54, 1.807) is 12.3 Å². The molecule has 178 valence electrons. The molecule has 0 bridgehead atoms. The number of carbonyl (C=O) groups is 1. The molecular formula is C28H25N2O4S-. The first-order valence-electron chi connectivity index (χ1n) is 11.2. The van der Waals surface area contributed by atoms with Crippen molar-refractivity contribution >= 4 is 45.2 Å². The molecule has 4 aromatic rings. The first-order chi connectivity index (χ1) is 16.9. The molecule has 0 saturated carbocycles. The van der Waals surface area contributed by atoms with Gasteiger partial charge < -0.3 is 9.66 Å². The molecule has 0 aliphatic heterocycles. The minimum Gasteiger partial charge on any atom is -0.772 e. The molecule has 1 unspecified atom stereocenters. The smallest absolute Gasteiger partial charge is 0.328 e. The van der Waals surface area contributed by atoms with Gasteiger partial charge in [0, 0.05) is 17.2 Å². The molecule has 0 spiro atoms. The number of carboxylic acids is 1. The van der Waals surface area contributed by atoms with E-state index in [0.29, 0.717) is 0 Å². The Labute approximate surface area is 206 Å². The van der Waals surface area contributed by atoms with Crippen molar-refractivity contribution in [3.8, 4) is 0 Å². The monoisotopic (exact) mass is 485 g/mol. The summed E-state index contributed by atoms with van der Waals surface area (Å²) in [5.74, 6) is -1.03. The molecule has 1 aromatic heterocycles. The van der Waals surface area contributed by atoms with Crippen LogP contribution < -0.4 is 0 Å². The maximum absolute atomic E-state index is 11.3. The van der Waals surface area contributed by atoms with Gasteiger partial charge in [0.1, 0.15) is 0 Å². The highest BCUT2D eigenvalue weighted by Crippen LogP contribution is 2.37. The van der Waals surface area contributed by atoms with Crippen LogP contribution in [0.1, 0.15) is 46.7 Å². The third-order valence-electron chi connectivity index (χ3n) is 5.91. The first kappa shape index (κ1) is 24.3. The Kier molecular flexibility index (Phi) is 7.39. The molecule has 0 aliphatic rings. The van der Waals surface area contributed by atoms with Gasteiger partial charge in [0.2, 0.25) is 0 Å². The molecular weight excluding hydrogens is 460 g/mol. The third kappa shape index (κ3) is 5.65. The van der Waals surface area contributed by atoms with Crippen molar-refractivity contribution in [2.75, 3.05) is 0 Å². The summed E-state index contributed by atoms with van der Waals surface area (Å²) in [6.07, 6.45) is 5.19. The molecule has 4 rings (SSSR count). The zero-order chi connectivity index (χ0) is 24.9. The van der Waals surface area contributed by atoms with E-state index in [1.807, 2.05) is 55.5 Å². The Morgan fingerprint density at radius 3 is 2.51 bits per heavy atom. The van der Waals surface area contributed by atoms with Crippen molar-refractivity contribution in [1.29, 1.82) is 0 Å². The number of aliphatic carboxylic acids is 1. The van der Waals surface area contributed by atoms with E-state index in [9.17, 15) is 13.6 Å². The van der Waals surface area contributed by atoms with Crippen LogP contribution in [0.25, 0.3) is 28.1 Å². The van der Waals surface area contributed by atoms with Crippen LogP contribution in [0.2, 0.25) is 0 Å². The fraction of sp³-hybridized carbons (Fsp3) is 0.143. The number of allylic oxidation sites excluding steroid dienone is 1. The van der Waals surface area contributed by atoms with Crippen LogP contribution in [0.5, 0.6) is 0 Å². The van der Waals surface area contributed by atoms with Gasteiger partial charge in [-0.15, -0.1) is 0 Å². The summed E-state index contributed by atoms with van der Waals surface area (Å²) in [7, 11) is 0. The summed E-state index contributed by atoms with van der Waals surface area (Å²) in [5, 5.41) is 17.0. The minimum absolute atomic E-state index is 0.0365. The van der Waals surface area contributed by atoms with Gasteiger partial charge in [0.25, 0.3) is 0 Å². The summed E-state index contributed by atoms with van der Waals surface area (Å²) >= 11 is -2.17. The molecule has 35 heavy (non-hydrogen) atoms. The molecule has 0 aliphatic carbocycles. The van der Waals surface area contributed by atoms with Crippen molar-refractivity contribution < 1.29 is 18.7 Å². The predicted molar refractivity (Wildman–Crippen MR) is 139 cm³/mol. The SMILES string of the molecule is CC/C(=C(/c1ccc(/C=C/C(=O)O)cc1)c1ccc2[nH]ncc2c1)c1cc(CS(=O)[O-])ccc1C. The van der Waals surface area contributed by atoms with Gasteiger partial charge in [-0.1, -0.05) is 66.5 Å². The first-order valence-corrected chi connectivity index (χ1v) is 12.4. The highest BCUT2D eigenvalue weighted by Gasteiger charge is 2.16. The molecule has 3 aromatic carbocycles. The second-order valence-corrected chi connectivity index (χ2v) is 9.17. The Bertz CT molecular complexity index is 1470. The maximum atomic E-state index is 11.3. The van der Waals surface area contributed by atoms with E-state index in [-0.39, 0.29) is 5.75 Å². The van der Waals surface area contributed by atoms with Gasteiger partial charge in [-0.3, -0.25) is 9.31 Å². The van der Waals surface area contributed by atoms with Crippen molar-refractivity contribution in [2.24, 2.45) is 0 Å². The number of rotatable bonds is 8. The number of aromatic nitrogens is 2. The Balaban J connectivity index is 1.94. The van der Waals surface area contributed by atoms with Crippen molar-refractivity contribution in [2.45, 2.75) is 26.0 Å². The van der Waals surface area contributed by atoms with E-state index < -0.39 is 17.0 Å². The van der Waals surface area contributed by atoms with Crippen molar-refractivity contribution in [3.63, 3.8) is 0 Å². The number of hydrogen-bond acceptors (Lipinski definition) is 4. The Hall–Kier alpha value is -3.81. The summed E-state index contributed by atoms with van der Waals surface area (Å²) in [6.45, 7) is 4.12. The molecule has 1 atom stereocenters. The lowest BCUT2D eigenvalue weighted by Gasteiger charge is -2.19. The zero-order valence-corrected chi connectivity index (χ0v) is 20.3. The molecule has 0 fully saturated rings. The minimum atomic E-state index is -2.17. The van der Waals surface area contributed by atoms with Crippen LogP contribution in [0.3, 0.4) is 0 Å². The number of fused-ring (bicyclic) bond motifs is 1. The highest BCUT2D eigenvalue weighted by molar-refractivity contribution is 7.78. The van der Waals surface area contributed by atoms with E-state index in [2.05, 4.69) is 29.3 Å². The summed E-state index contributed by atoms with van der Waals surface area (Å²) in [6, 6.07) is 19.7. The molecule has 1 heterocycles. The third-order valence-corrected chi connectivity index (χ3v) is 6.48. The van der Waals surface area contributed by atoms with Gasteiger partial charge in [0.05, 0.1) is 11.7 Å². The van der Waals surface area contributed by atoms with Gasteiger partial charge in [-0.2, -0.15) is 5.10 Å². The van der Waals surface area contributed by atoms with Crippen LogP contribution in [0.4, 0.5) is 0 Å². The number of H-pyrrole nitrogens is 1. The zero-order valence-electron chi connectivity index (χ0n) is 19.4. The van der Waals surface area contributed by atoms with E-state index in [1.165, 1.54) is 0 Å².